The van der Waals surface area contributed by atoms with Gasteiger partial charge in [0, 0.05) is 15.4 Å². The van der Waals surface area contributed by atoms with Crippen molar-refractivity contribution in [2.45, 2.75) is 27.2 Å². The topological polar surface area (TPSA) is 9.23 Å². The molecule has 0 amide bonds. The van der Waals surface area contributed by atoms with E-state index in [-0.39, 0.29) is 0 Å². The fourth-order valence-electron chi connectivity index (χ4n) is 2.42. The van der Waals surface area contributed by atoms with Gasteiger partial charge in [-0.2, -0.15) is 0 Å². The Morgan fingerprint density at radius 1 is 0.955 bits per heavy atom. The minimum Gasteiger partial charge on any atom is -0.493 e. The zero-order valence-electron chi connectivity index (χ0n) is 13.3. The first kappa shape index (κ1) is 17.0. The van der Waals surface area contributed by atoms with Crippen molar-refractivity contribution < 1.29 is 4.74 Å². The van der Waals surface area contributed by atoms with Crippen LogP contribution in [0.15, 0.2) is 42.5 Å². The van der Waals surface area contributed by atoms with Gasteiger partial charge in [0.05, 0.1) is 6.61 Å². The minimum absolute atomic E-state index is 0.630. The molecule has 0 bridgehead atoms. The maximum Gasteiger partial charge on any atom is 0.127 e. The van der Waals surface area contributed by atoms with E-state index in [4.69, 9.17) is 30.0 Å². The predicted octanol–water partition coefficient (Wildman–Crippen LogP) is 5.64. The van der Waals surface area contributed by atoms with Crippen molar-refractivity contribution in [3.8, 4) is 5.75 Å². The van der Waals surface area contributed by atoms with E-state index in [0.717, 1.165) is 33.1 Å². The number of thiol groups is 2. The molecular formula is C19H22OS2. The molecule has 0 aliphatic heterocycles. The van der Waals surface area contributed by atoms with E-state index in [1.807, 2.05) is 25.1 Å². The summed E-state index contributed by atoms with van der Waals surface area (Å²) < 4.78 is 5.74. The van der Waals surface area contributed by atoms with Crippen LogP contribution in [0.2, 0.25) is 0 Å². The molecule has 2 rings (SSSR count). The van der Waals surface area contributed by atoms with Crippen LogP contribution in [0.4, 0.5) is 0 Å². The molecule has 0 aromatic heterocycles. The molecule has 1 nitrogen and oxygen atoms in total. The molecule has 0 aliphatic carbocycles. The SMILES string of the molecule is CCOc1ccc(C)cc1C(S)=C(S)c1ccccc1CC. The monoisotopic (exact) mass is 330 g/mol. The van der Waals surface area contributed by atoms with E-state index in [9.17, 15) is 0 Å². The van der Waals surface area contributed by atoms with E-state index in [0.29, 0.717) is 6.61 Å². The summed E-state index contributed by atoms with van der Waals surface area (Å²) in [6.07, 6.45) is 0.966. The summed E-state index contributed by atoms with van der Waals surface area (Å²) in [4.78, 5) is 1.73. The fraction of sp³-hybridized carbons (Fsp3) is 0.263. The Morgan fingerprint density at radius 2 is 1.64 bits per heavy atom. The third kappa shape index (κ3) is 3.71. The van der Waals surface area contributed by atoms with Crippen molar-refractivity contribution in [1.29, 1.82) is 0 Å². The first-order valence-electron chi connectivity index (χ1n) is 7.52. The molecule has 2 aromatic carbocycles. The Hall–Kier alpha value is -1.32. The Balaban J connectivity index is 2.57. The van der Waals surface area contributed by atoms with Gasteiger partial charge in [-0.25, -0.2) is 0 Å². The van der Waals surface area contributed by atoms with Crippen LogP contribution < -0.4 is 4.74 Å². The van der Waals surface area contributed by atoms with Crippen molar-refractivity contribution in [2.75, 3.05) is 6.61 Å². The molecule has 0 spiro atoms. The molecule has 0 radical (unpaired) electrons. The second-order valence-electron chi connectivity index (χ2n) is 5.14. The van der Waals surface area contributed by atoms with E-state index < -0.39 is 0 Å². The molecule has 0 saturated carbocycles. The van der Waals surface area contributed by atoms with Gasteiger partial charge >= 0.3 is 0 Å². The molecule has 2 aromatic rings. The van der Waals surface area contributed by atoms with Gasteiger partial charge in [-0.1, -0.05) is 42.8 Å². The maximum atomic E-state index is 5.74. The molecule has 0 unspecified atom stereocenters. The number of hydrogen-bond acceptors (Lipinski definition) is 3. The smallest absolute Gasteiger partial charge is 0.127 e. The molecule has 0 N–H and O–H groups in total. The van der Waals surface area contributed by atoms with Crippen molar-refractivity contribution in [3.05, 3.63) is 64.7 Å². The van der Waals surface area contributed by atoms with Crippen molar-refractivity contribution in [3.63, 3.8) is 0 Å². The molecular weight excluding hydrogens is 308 g/mol. The van der Waals surface area contributed by atoms with E-state index >= 15 is 0 Å². The van der Waals surface area contributed by atoms with Crippen LogP contribution in [0.25, 0.3) is 9.81 Å². The summed E-state index contributed by atoms with van der Waals surface area (Å²) in [5, 5.41) is 0. The van der Waals surface area contributed by atoms with Gasteiger partial charge in [-0.15, -0.1) is 25.3 Å². The average molecular weight is 331 g/mol. The molecule has 22 heavy (non-hydrogen) atoms. The van der Waals surface area contributed by atoms with Gasteiger partial charge < -0.3 is 4.74 Å². The van der Waals surface area contributed by atoms with E-state index in [1.165, 1.54) is 11.1 Å². The lowest BCUT2D eigenvalue weighted by Crippen LogP contribution is -1.97. The molecule has 116 valence electrons. The number of benzene rings is 2. The van der Waals surface area contributed by atoms with Crippen LogP contribution in [0, 0.1) is 6.92 Å². The number of ether oxygens (including phenoxy) is 1. The van der Waals surface area contributed by atoms with Crippen molar-refractivity contribution in [2.24, 2.45) is 0 Å². The van der Waals surface area contributed by atoms with Crippen LogP contribution >= 0.6 is 25.3 Å². The normalized spacial score (nSPS) is 12.0. The standard InChI is InChI=1S/C19H22OS2/c1-4-14-8-6-7-9-15(14)18(21)19(22)16-12-13(3)10-11-17(16)20-5-2/h6-12,21-22H,4-5H2,1-3H3. The lowest BCUT2D eigenvalue weighted by molar-refractivity contribution is 0.339. The highest BCUT2D eigenvalue weighted by atomic mass is 32.1. The number of aryl methyl sites for hydroxylation is 2. The highest BCUT2D eigenvalue weighted by Crippen LogP contribution is 2.38. The first-order chi connectivity index (χ1) is 10.6. The highest BCUT2D eigenvalue weighted by molar-refractivity contribution is 7.96. The second kappa shape index (κ2) is 7.80. The summed E-state index contributed by atoms with van der Waals surface area (Å²) in [5.41, 5.74) is 4.56. The lowest BCUT2D eigenvalue weighted by atomic mass is 10.0. The zero-order valence-corrected chi connectivity index (χ0v) is 15.0. The third-order valence-corrected chi connectivity index (χ3v) is 4.67. The summed E-state index contributed by atoms with van der Waals surface area (Å²) >= 11 is 9.49. The Kier molecular flexibility index (Phi) is 6.04. The summed E-state index contributed by atoms with van der Waals surface area (Å²) in [6, 6.07) is 14.5. The van der Waals surface area contributed by atoms with Crippen LogP contribution in [-0.4, -0.2) is 6.61 Å². The molecule has 3 heteroatoms. The van der Waals surface area contributed by atoms with Gasteiger partial charge in [0.15, 0.2) is 0 Å². The highest BCUT2D eigenvalue weighted by Gasteiger charge is 2.13. The van der Waals surface area contributed by atoms with Crippen LogP contribution in [0.1, 0.15) is 36.1 Å². The van der Waals surface area contributed by atoms with Gasteiger partial charge in [0.1, 0.15) is 5.75 Å². The molecule has 0 saturated heterocycles. The maximum absolute atomic E-state index is 5.74. The minimum atomic E-state index is 0.630. The molecule has 0 fully saturated rings. The number of rotatable bonds is 5. The Labute approximate surface area is 144 Å². The van der Waals surface area contributed by atoms with Crippen molar-refractivity contribution in [1.82, 2.24) is 0 Å². The summed E-state index contributed by atoms with van der Waals surface area (Å²) in [6.45, 7) is 6.83. The Bertz CT molecular complexity index is 690. The number of hydrogen-bond donors (Lipinski definition) is 2. The first-order valence-corrected chi connectivity index (χ1v) is 8.42. The lowest BCUT2D eigenvalue weighted by Gasteiger charge is -2.15. The van der Waals surface area contributed by atoms with Crippen LogP contribution in [-0.2, 0) is 6.42 Å². The Morgan fingerprint density at radius 3 is 2.32 bits per heavy atom. The van der Waals surface area contributed by atoms with E-state index in [2.05, 4.69) is 38.1 Å². The summed E-state index contributed by atoms with van der Waals surface area (Å²) in [5.74, 6) is 0.846. The van der Waals surface area contributed by atoms with Gasteiger partial charge in [-0.3, -0.25) is 0 Å². The van der Waals surface area contributed by atoms with Crippen molar-refractivity contribution >= 4 is 35.1 Å². The molecule has 0 heterocycles. The molecule has 0 atom stereocenters. The zero-order chi connectivity index (χ0) is 16.1. The average Bonchev–Trinajstić information content (AvgIpc) is 2.55. The second-order valence-corrected chi connectivity index (χ2v) is 6.03. The van der Waals surface area contributed by atoms with Crippen LogP contribution in [0.5, 0.6) is 5.75 Å². The summed E-state index contributed by atoms with van der Waals surface area (Å²) in [7, 11) is 0. The van der Waals surface area contributed by atoms with Gasteiger partial charge in [-0.05, 0) is 43.5 Å². The predicted molar refractivity (Wildman–Crippen MR) is 103 cm³/mol. The third-order valence-electron chi connectivity index (χ3n) is 3.57. The quantitative estimate of drug-likeness (QED) is 0.533. The molecule has 0 aliphatic rings. The fourth-order valence-corrected chi connectivity index (χ4v) is 3.06. The van der Waals surface area contributed by atoms with Gasteiger partial charge in [0.25, 0.3) is 0 Å². The van der Waals surface area contributed by atoms with E-state index in [1.54, 1.807) is 0 Å². The largest absolute Gasteiger partial charge is 0.493 e. The van der Waals surface area contributed by atoms with Gasteiger partial charge in [0.2, 0.25) is 0 Å². The van der Waals surface area contributed by atoms with Crippen LogP contribution in [0.3, 0.4) is 0 Å².